The van der Waals surface area contributed by atoms with Crippen LogP contribution in [0.3, 0.4) is 0 Å². The van der Waals surface area contributed by atoms with Crippen molar-refractivity contribution in [3.05, 3.63) is 11.6 Å². The minimum Gasteiger partial charge on any atom is -0.453 e. The van der Waals surface area contributed by atoms with Crippen LogP contribution < -0.4 is 0 Å². The van der Waals surface area contributed by atoms with Gasteiger partial charge in [-0.05, 0) is 107 Å². The fourth-order valence-corrected chi connectivity index (χ4v) is 17.5. The average Bonchev–Trinajstić information content (AvgIpc) is 1.46. The van der Waals surface area contributed by atoms with Crippen LogP contribution in [-0.2, 0) is 71.5 Å². The molecular formula is C54H86O27S. The Morgan fingerprint density at radius 3 is 1.85 bits per heavy atom. The molecule has 0 aromatic rings. The van der Waals surface area contributed by atoms with Crippen LogP contribution in [0.5, 0.6) is 0 Å². The van der Waals surface area contributed by atoms with Gasteiger partial charge in [-0.1, -0.05) is 39.3 Å². The maximum Gasteiger partial charge on any atom is 0.397 e. The lowest BCUT2D eigenvalue weighted by atomic mass is 9.40. The number of hydrogen-bond donors (Lipinski definition) is 12. The van der Waals surface area contributed by atoms with Gasteiger partial charge in [-0.3, -0.25) is 9.35 Å². The number of carbonyl (C=O) groups excluding carboxylic acids is 1. The van der Waals surface area contributed by atoms with Crippen LogP contribution in [0.15, 0.2) is 11.6 Å². The average molecular weight is 1200 g/mol. The Hall–Kier alpha value is -1.76. The van der Waals surface area contributed by atoms with E-state index in [1.54, 1.807) is 13.0 Å². The van der Waals surface area contributed by atoms with Crippen molar-refractivity contribution in [2.24, 2.45) is 33.5 Å². The standard InChI is InChI=1S/C54H86O27S/c1-22-39(76-45-38(64)41(33(59)26(20-56)74-45)77-44-37(63)40(70-9)32(58)25(19-55)73-44)35(61)36(62)43(72-22)78-42-34(60)27(81-82(67,68)69)21-71-46(42)75-30-13-15-50(6)24-18-29(57)54-47(65)80-52(8,31-12-14-48(2,3)79-31)53(54,66)17-16-51(54,7)23(24)10-11-28(50)49(30,4)5/h18,22-23,25-46,55-64,66H,10-17,19-21H2,1-9H3,(H,67,68,69)/t22-,23?,25-,26-,27-,28?,29?,30+,31?,32-,33-,34+,35-,36-,37-,38-,39-,40+,41+,42-,43+,44+,45+,46+,50-,51+,52+,53+,54?/m1/s1. The molecule has 0 radical (unpaired) electrons. The van der Waals surface area contributed by atoms with Crippen LogP contribution in [0.25, 0.3) is 0 Å². The van der Waals surface area contributed by atoms with E-state index in [-0.39, 0.29) is 18.3 Å². The number of fused-ring (bicyclic) bond motifs is 4. The molecule has 29 atom stereocenters. The highest BCUT2D eigenvalue weighted by atomic mass is 32.3. The van der Waals surface area contributed by atoms with Gasteiger partial charge in [0.25, 0.3) is 0 Å². The topological polar surface area (TPSA) is 405 Å². The van der Waals surface area contributed by atoms with Crippen LogP contribution in [0.4, 0.5) is 0 Å². The van der Waals surface area contributed by atoms with Gasteiger partial charge in [0, 0.05) is 7.11 Å². The number of hydrogen-bond acceptors (Lipinski definition) is 26. The molecule has 0 aromatic heterocycles. The van der Waals surface area contributed by atoms with Gasteiger partial charge in [0.15, 0.2) is 30.8 Å². The summed E-state index contributed by atoms with van der Waals surface area (Å²) in [6.07, 6.45) is -29.1. The molecule has 6 aliphatic heterocycles. The molecule has 6 saturated heterocycles. The number of aliphatic hydroxyl groups excluding tert-OH is 10. The quantitative estimate of drug-likeness (QED) is 0.0378. The Labute approximate surface area is 475 Å². The summed E-state index contributed by atoms with van der Waals surface area (Å²) in [7, 11) is -4.02. The Kier molecular flexibility index (Phi) is 17.0. The Bertz CT molecular complexity index is 2490. The molecule has 0 aromatic carbocycles. The molecule has 6 heterocycles. The van der Waals surface area contributed by atoms with E-state index >= 15 is 0 Å². The number of aliphatic hydroxyl groups is 11. The molecule has 0 bridgehead atoms. The summed E-state index contributed by atoms with van der Waals surface area (Å²) < 4.78 is 104. The van der Waals surface area contributed by atoms with Crippen molar-refractivity contribution in [1.82, 2.24) is 0 Å². The fraction of sp³-hybridized carbons (Fsp3) is 0.944. The first-order valence-corrected chi connectivity index (χ1v) is 30.0. The molecule has 470 valence electrons. The molecule has 4 aliphatic carbocycles. The van der Waals surface area contributed by atoms with Crippen LogP contribution in [0, 0.1) is 33.5 Å². The van der Waals surface area contributed by atoms with Gasteiger partial charge >= 0.3 is 16.4 Å². The number of carbonyl (C=O) groups is 1. The minimum absolute atomic E-state index is 0.131. The summed E-state index contributed by atoms with van der Waals surface area (Å²) in [5.74, 6) is -0.972. The van der Waals surface area contributed by atoms with Gasteiger partial charge in [-0.2, -0.15) is 8.42 Å². The molecular weight excluding hydrogens is 1110 g/mol. The molecule has 1 spiro atoms. The van der Waals surface area contributed by atoms with E-state index in [0.717, 1.165) is 5.57 Å². The van der Waals surface area contributed by atoms with Crippen molar-refractivity contribution in [2.75, 3.05) is 26.9 Å². The molecule has 5 unspecified atom stereocenters. The van der Waals surface area contributed by atoms with Crippen LogP contribution >= 0.6 is 0 Å². The third kappa shape index (κ3) is 9.71. The number of rotatable bonds is 14. The summed E-state index contributed by atoms with van der Waals surface area (Å²) in [5.41, 5.74) is -6.49. The number of ether oxygens (including phenoxy) is 11. The predicted molar refractivity (Wildman–Crippen MR) is 273 cm³/mol. The van der Waals surface area contributed by atoms with E-state index in [1.807, 2.05) is 34.6 Å². The monoisotopic (exact) mass is 1200 g/mol. The van der Waals surface area contributed by atoms with Gasteiger partial charge < -0.3 is 108 Å². The molecule has 12 N–H and O–H groups in total. The number of cyclic esters (lactones) is 1. The first kappa shape index (κ1) is 63.3. The van der Waals surface area contributed by atoms with E-state index in [2.05, 4.69) is 6.92 Å². The zero-order valence-corrected chi connectivity index (χ0v) is 48.4. The van der Waals surface area contributed by atoms with Gasteiger partial charge in [0.1, 0.15) is 103 Å². The highest BCUT2D eigenvalue weighted by Crippen LogP contribution is 2.77. The van der Waals surface area contributed by atoms with E-state index in [4.69, 9.17) is 56.3 Å². The maximum absolute atomic E-state index is 14.7. The van der Waals surface area contributed by atoms with Crippen molar-refractivity contribution in [1.29, 1.82) is 0 Å². The van der Waals surface area contributed by atoms with Crippen molar-refractivity contribution in [3.8, 4) is 0 Å². The maximum atomic E-state index is 14.7. The number of methoxy groups -OCH3 is 1. The molecule has 28 heteroatoms. The van der Waals surface area contributed by atoms with Crippen molar-refractivity contribution >= 4 is 16.4 Å². The van der Waals surface area contributed by atoms with Crippen LogP contribution in [0.1, 0.15) is 107 Å². The van der Waals surface area contributed by atoms with Crippen LogP contribution in [0.2, 0.25) is 0 Å². The van der Waals surface area contributed by atoms with Gasteiger partial charge in [-0.25, -0.2) is 4.18 Å². The van der Waals surface area contributed by atoms with Crippen molar-refractivity contribution in [3.63, 3.8) is 0 Å². The summed E-state index contributed by atoms with van der Waals surface area (Å²) in [6.45, 7) is 13.1. The Balaban J connectivity index is 0.852. The van der Waals surface area contributed by atoms with E-state index in [0.29, 0.717) is 44.9 Å². The van der Waals surface area contributed by atoms with Gasteiger partial charge in [-0.15, -0.1) is 0 Å². The second-order valence-electron chi connectivity index (χ2n) is 26.5. The normalized spacial score (nSPS) is 53.6. The number of allylic oxidation sites excluding steroid dienone is 1. The largest absolute Gasteiger partial charge is 0.453 e. The molecule has 9 fully saturated rings. The third-order valence-electron chi connectivity index (χ3n) is 21.4. The van der Waals surface area contributed by atoms with Crippen molar-refractivity contribution in [2.45, 2.75) is 259 Å². The lowest BCUT2D eigenvalue weighted by Gasteiger charge is -2.64. The lowest BCUT2D eigenvalue weighted by Crippen LogP contribution is -2.69. The Morgan fingerprint density at radius 2 is 1.26 bits per heavy atom. The first-order valence-electron chi connectivity index (χ1n) is 28.6. The highest BCUT2D eigenvalue weighted by Gasteiger charge is 2.87. The summed E-state index contributed by atoms with van der Waals surface area (Å²) in [6, 6.07) is 0. The molecule has 27 nitrogen and oxygen atoms in total. The van der Waals surface area contributed by atoms with Gasteiger partial charge in [0.2, 0.25) is 0 Å². The molecule has 0 amide bonds. The first-order chi connectivity index (χ1) is 38.2. The fourth-order valence-electron chi connectivity index (χ4n) is 17.0. The predicted octanol–water partition coefficient (Wildman–Crippen LogP) is -2.26. The van der Waals surface area contributed by atoms with E-state index in [9.17, 15) is 73.9 Å². The zero-order valence-electron chi connectivity index (χ0n) is 47.6. The second-order valence-corrected chi connectivity index (χ2v) is 27.5. The number of esters is 1. The van der Waals surface area contributed by atoms with E-state index < -0.39 is 210 Å². The molecule has 82 heavy (non-hydrogen) atoms. The van der Waals surface area contributed by atoms with Gasteiger partial charge in [0.05, 0.1) is 43.7 Å². The zero-order chi connectivity index (χ0) is 60.0. The van der Waals surface area contributed by atoms with Crippen LogP contribution in [-0.4, -0.2) is 254 Å². The SMILES string of the molecule is CO[C@@H]1[C@@H](O)[C@H](O[C@@H]2[C@@H](O)[C@H](O[C@H]3[C@H](O)[C@@H](O)[C@H](O[C@H]4[C@H](O[C@H]5CC[C@]6(C)C7=CC(O)C89C(=O)O[C@@](C)(C%10CCC(C)(C)O%10)[C@@]8(O)CC[C@@]9(C)C7CCC6C5(C)C)OC[C@@H](OS(=O)(=O)O)[C@@H]4O)O[C@@H]3C)O[C@H](CO)[C@H]2O)O[C@H](CO)[C@H]1O. The Morgan fingerprint density at radius 1 is 0.659 bits per heavy atom. The molecule has 3 saturated carbocycles. The summed E-state index contributed by atoms with van der Waals surface area (Å²) in [4.78, 5) is 14.7. The molecule has 10 rings (SSSR count). The minimum atomic E-state index is -5.19. The van der Waals surface area contributed by atoms with Crippen molar-refractivity contribution < 1.29 is 130 Å². The third-order valence-corrected chi connectivity index (χ3v) is 21.9. The lowest BCUT2D eigenvalue weighted by molar-refractivity contribution is -0.389. The smallest absolute Gasteiger partial charge is 0.397 e. The van der Waals surface area contributed by atoms with E-state index in [1.165, 1.54) is 14.0 Å². The summed E-state index contributed by atoms with van der Waals surface area (Å²) >= 11 is 0. The molecule has 10 aliphatic rings. The second kappa shape index (κ2) is 22.1. The summed E-state index contributed by atoms with van der Waals surface area (Å²) in [5, 5.41) is 125. The highest BCUT2D eigenvalue weighted by molar-refractivity contribution is 7.80.